The number of unbranched alkanes of at least 4 members (excludes halogenated alkanes) is 2. The lowest BCUT2D eigenvalue weighted by atomic mass is 10.2. The van der Waals surface area contributed by atoms with Crippen LogP contribution < -0.4 is 5.32 Å². The van der Waals surface area contributed by atoms with Gasteiger partial charge in [0.05, 0.1) is 7.11 Å². The molecule has 2 N–H and O–H groups in total. The minimum Gasteiger partial charge on any atom is -0.469 e. The first-order valence-electron chi connectivity index (χ1n) is 6.83. The van der Waals surface area contributed by atoms with Gasteiger partial charge in [0.25, 0.3) is 0 Å². The van der Waals surface area contributed by atoms with Gasteiger partial charge in [0.1, 0.15) is 6.23 Å². The van der Waals surface area contributed by atoms with Crippen LogP contribution in [0.4, 0.5) is 0 Å². The molecule has 0 aliphatic rings. The summed E-state index contributed by atoms with van der Waals surface area (Å²) in [6.45, 7) is 0. The third-order valence-electron chi connectivity index (χ3n) is 3.00. The van der Waals surface area contributed by atoms with E-state index in [2.05, 4.69) is 10.1 Å². The van der Waals surface area contributed by atoms with Crippen molar-refractivity contribution in [2.45, 2.75) is 36.8 Å². The summed E-state index contributed by atoms with van der Waals surface area (Å²) >= 11 is 1.74. The number of hydrogen-bond acceptors (Lipinski definition) is 5. The van der Waals surface area contributed by atoms with Crippen molar-refractivity contribution in [3.63, 3.8) is 0 Å². The molecule has 0 radical (unpaired) electrons. The Kier molecular flexibility index (Phi) is 8.34. The monoisotopic (exact) mass is 297 g/mol. The number of hydrogen-bond donors (Lipinski definition) is 2. The van der Waals surface area contributed by atoms with Gasteiger partial charge in [0.2, 0.25) is 0 Å². The van der Waals surface area contributed by atoms with Crippen molar-refractivity contribution in [2.75, 3.05) is 19.9 Å². The van der Waals surface area contributed by atoms with Crippen molar-refractivity contribution in [3.8, 4) is 0 Å². The number of esters is 1. The van der Waals surface area contributed by atoms with Gasteiger partial charge in [-0.1, -0.05) is 24.6 Å². The number of aliphatic hydroxyl groups excluding tert-OH is 1. The number of aliphatic hydroxyl groups is 1. The highest BCUT2D eigenvalue weighted by molar-refractivity contribution is 7.99. The highest BCUT2D eigenvalue weighted by Gasteiger charge is 2.09. The molecule has 112 valence electrons. The highest BCUT2D eigenvalue weighted by Crippen LogP contribution is 2.27. The van der Waals surface area contributed by atoms with Crippen LogP contribution in [0.2, 0.25) is 0 Å². The van der Waals surface area contributed by atoms with E-state index in [4.69, 9.17) is 0 Å². The van der Waals surface area contributed by atoms with Crippen LogP contribution in [0.3, 0.4) is 0 Å². The van der Waals surface area contributed by atoms with Gasteiger partial charge in [0, 0.05) is 16.9 Å². The van der Waals surface area contributed by atoms with Gasteiger partial charge in [-0.25, -0.2) is 0 Å². The van der Waals surface area contributed by atoms with Crippen LogP contribution in [-0.2, 0) is 9.53 Å². The van der Waals surface area contributed by atoms with E-state index in [-0.39, 0.29) is 5.97 Å². The molecule has 1 aromatic carbocycles. The van der Waals surface area contributed by atoms with Crippen LogP contribution in [0.25, 0.3) is 0 Å². The van der Waals surface area contributed by atoms with Crippen LogP contribution in [0, 0.1) is 0 Å². The Morgan fingerprint density at radius 3 is 2.80 bits per heavy atom. The molecule has 1 unspecified atom stereocenters. The quantitative estimate of drug-likeness (QED) is 0.318. The molecule has 4 nitrogen and oxygen atoms in total. The van der Waals surface area contributed by atoms with Crippen LogP contribution in [0.5, 0.6) is 0 Å². The summed E-state index contributed by atoms with van der Waals surface area (Å²) in [5, 5.41) is 12.7. The minimum absolute atomic E-state index is 0.139. The van der Waals surface area contributed by atoms with E-state index < -0.39 is 6.23 Å². The van der Waals surface area contributed by atoms with Crippen molar-refractivity contribution in [1.82, 2.24) is 5.32 Å². The highest BCUT2D eigenvalue weighted by atomic mass is 32.2. The van der Waals surface area contributed by atoms with Gasteiger partial charge in [-0.15, -0.1) is 11.8 Å². The molecule has 0 bridgehead atoms. The Bertz CT molecular complexity index is 412. The zero-order valence-electron chi connectivity index (χ0n) is 12.1. The fraction of sp³-hybridized carbons (Fsp3) is 0.533. The van der Waals surface area contributed by atoms with Crippen LogP contribution >= 0.6 is 11.8 Å². The molecular weight excluding hydrogens is 274 g/mol. The van der Waals surface area contributed by atoms with Crippen LogP contribution in [-0.4, -0.2) is 31.0 Å². The molecule has 1 aromatic rings. The van der Waals surface area contributed by atoms with Gasteiger partial charge in [0.15, 0.2) is 0 Å². The Labute approximate surface area is 124 Å². The molecule has 0 spiro atoms. The lowest BCUT2D eigenvalue weighted by molar-refractivity contribution is -0.140. The number of carbonyl (C=O) groups is 1. The lowest BCUT2D eigenvalue weighted by Crippen LogP contribution is -2.15. The van der Waals surface area contributed by atoms with E-state index in [1.807, 2.05) is 24.3 Å². The van der Waals surface area contributed by atoms with E-state index in [9.17, 15) is 9.90 Å². The summed E-state index contributed by atoms with van der Waals surface area (Å²) < 4.78 is 4.60. The molecule has 1 rings (SSSR count). The number of thioether (sulfide) groups is 1. The summed E-state index contributed by atoms with van der Waals surface area (Å²) in [4.78, 5) is 12.1. The maximum atomic E-state index is 11.0. The summed E-state index contributed by atoms with van der Waals surface area (Å²) in [6.07, 6.45) is 2.80. The Hall–Kier alpha value is -1.04. The van der Waals surface area contributed by atoms with Crippen molar-refractivity contribution >= 4 is 17.7 Å². The average Bonchev–Trinajstić information content (AvgIpc) is 2.50. The van der Waals surface area contributed by atoms with Gasteiger partial charge < -0.3 is 9.84 Å². The molecule has 0 aromatic heterocycles. The van der Waals surface area contributed by atoms with E-state index in [1.54, 1.807) is 18.8 Å². The second-order valence-corrected chi connectivity index (χ2v) is 5.60. The zero-order valence-corrected chi connectivity index (χ0v) is 12.9. The second-order valence-electron chi connectivity index (χ2n) is 4.46. The van der Waals surface area contributed by atoms with E-state index in [1.165, 1.54) is 7.11 Å². The van der Waals surface area contributed by atoms with Crippen molar-refractivity contribution < 1.29 is 14.6 Å². The summed E-state index contributed by atoms with van der Waals surface area (Å²) in [6, 6.07) is 7.86. The predicted octanol–water partition coefficient (Wildman–Crippen LogP) is 2.72. The molecule has 0 fully saturated rings. The fourth-order valence-electron chi connectivity index (χ4n) is 1.83. The number of benzene rings is 1. The summed E-state index contributed by atoms with van der Waals surface area (Å²) in [5.74, 6) is 0.842. The molecule has 0 amide bonds. The van der Waals surface area contributed by atoms with Gasteiger partial charge in [-0.2, -0.15) is 0 Å². The predicted molar refractivity (Wildman–Crippen MR) is 81.7 cm³/mol. The number of ether oxygens (including phenoxy) is 1. The first-order valence-corrected chi connectivity index (χ1v) is 7.81. The fourth-order valence-corrected chi connectivity index (χ4v) is 2.92. The van der Waals surface area contributed by atoms with E-state index in [0.717, 1.165) is 35.5 Å². The third-order valence-corrected chi connectivity index (χ3v) is 4.17. The number of methoxy groups -OCH3 is 1. The standard InChI is InChI=1S/C15H23NO3S/c1-16-15(18)12-8-5-6-9-13(12)20-11-7-3-4-10-14(17)19-2/h5-6,8-9,15-16,18H,3-4,7,10-11H2,1-2H3. The molecule has 0 aliphatic carbocycles. The molecule has 1 atom stereocenters. The van der Waals surface area contributed by atoms with Gasteiger partial charge >= 0.3 is 5.97 Å². The number of carbonyl (C=O) groups excluding carboxylic acids is 1. The SMILES string of the molecule is CNC(O)c1ccccc1SCCCCCC(=O)OC. The molecule has 0 saturated heterocycles. The van der Waals surface area contributed by atoms with Crippen LogP contribution in [0.1, 0.15) is 37.5 Å². The summed E-state index contributed by atoms with van der Waals surface area (Å²) in [5.41, 5.74) is 0.912. The van der Waals surface area contributed by atoms with Gasteiger partial charge in [-0.3, -0.25) is 10.1 Å². The Morgan fingerprint density at radius 2 is 2.10 bits per heavy atom. The average molecular weight is 297 g/mol. The summed E-state index contributed by atoms with van der Waals surface area (Å²) in [7, 11) is 3.15. The zero-order chi connectivity index (χ0) is 14.8. The Morgan fingerprint density at radius 1 is 1.35 bits per heavy atom. The molecule has 5 heteroatoms. The normalized spacial score (nSPS) is 12.2. The van der Waals surface area contributed by atoms with Crippen molar-refractivity contribution in [2.24, 2.45) is 0 Å². The number of nitrogens with one attached hydrogen (secondary N) is 1. The van der Waals surface area contributed by atoms with Crippen LogP contribution in [0.15, 0.2) is 29.2 Å². The molecule has 0 aliphatic heterocycles. The largest absolute Gasteiger partial charge is 0.469 e. The smallest absolute Gasteiger partial charge is 0.305 e. The van der Waals surface area contributed by atoms with Crippen molar-refractivity contribution in [3.05, 3.63) is 29.8 Å². The maximum Gasteiger partial charge on any atom is 0.305 e. The second kappa shape index (κ2) is 9.80. The Balaban J connectivity index is 2.30. The molecule has 20 heavy (non-hydrogen) atoms. The van der Waals surface area contributed by atoms with Gasteiger partial charge in [-0.05, 0) is 31.7 Å². The minimum atomic E-state index is -0.627. The first kappa shape index (κ1) is 17.0. The first-order chi connectivity index (χ1) is 9.69. The lowest BCUT2D eigenvalue weighted by Gasteiger charge is -2.14. The number of rotatable bonds is 9. The van der Waals surface area contributed by atoms with Crippen molar-refractivity contribution in [1.29, 1.82) is 0 Å². The molecular formula is C15H23NO3S. The molecule has 0 saturated carbocycles. The topological polar surface area (TPSA) is 58.6 Å². The van der Waals surface area contributed by atoms with E-state index >= 15 is 0 Å². The van der Waals surface area contributed by atoms with E-state index in [0.29, 0.717) is 6.42 Å². The maximum absolute atomic E-state index is 11.0. The molecule has 0 heterocycles. The third kappa shape index (κ3) is 5.94.